The third kappa shape index (κ3) is 5.46. The maximum absolute atomic E-state index is 12.3. The van der Waals surface area contributed by atoms with Crippen LogP contribution in [-0.2, 0) is 14.3 Å². The second-order valence-electron chi connectivity index (χ2n) is 6.28. The quantitative estimate of drug-likeness (QED) is 0.812. The number of hydrogen-bond acceptors (Lipinski definition) is 4. The molecular formula is C18H23ClN2O4. The van der Waals surface area contributed by atoms with Gasteiger partial charge in [0.25, 0.3) is 11.8 Å². The van der Waals surface area contributed by atoms with Crippen LogP contribution in [0.1, 0.15) is 43.5 Å². The zero-order valence-electron chi connectivity index (χ0n) is 14.5. The average Bonchev–Trinajstić information content (AvgIpc) is 2.58. The summed E-state index contributed by atoms with van der Waals surface area (Å²) >= 11 is 5.76. The number of piperidine rings is 1. The van der Waals surface area contributed by atoms with Crippen LogP contribution >= 0.6 is 11.6 Å². The number of likely N-dealkylation sites (tertiary alicyclic amines) is 1. The van der Waals surface area contributed by atoms with Gasteiger partial charge in [0, 0.05) is 22.7 Å². The molecule has 1 aliphatic heterocycles. The first kappa shape index (κ1) is 19.2. The molecule has 0 unspecified atom stereocenters. The molecular weight excluding hydrogens is 344 g/mol. The second kappa shape index (κ2) is 8.85. The molecule has 1 aliphatic rings. The number of carbonyl (C=O) groups is 3. The zero-order chi connectivity index (χ0) is 18.4. The number of carbonyl (C=O) groups excluding carboxylic acids is 3. The Morgan fingerprint density at radius 2 is 1.76 bits per heavy atom. The number of nitrogens with one attached hydrogen (secondary N) is 1. The Bertz CT molecular complexity index is 622. The topological polar surface area (TPSA) is 75.7 Å². The van der Waals surface area contributed by atoms with Crippen LogP contribution in [0, 0.1) is 0 Å². The molecule has 1 aromatic carbocycles. The molecule has 0 aliphatic carbocycles. The molecule has 2 rings (SSSR count). The van der Waals surface area contributed by atoms with Crippen LogP contribution < -0.4 is 5.32 Å². The number of halogens is 1. The van der Waals surface area contributed by atoms with Gasteiger partial charge >= 0.3 is 5.97 Å². The van der Waals surface area contributed by atoms with Gasteiger partial charge in [-0.05, 0) is 57.4 Å². The highest BCUT2D eigenvalue weighted by Crippen LogP contribution is 2.22. The number of benzene rings is 1. The van der Waals surface area contributed by atoms with Crippen LogP contribution in [0.5, 0.6) is 0 Å². The molecule has 0 aromatic heterocycles. The smallest absolute Gasteiger partial charge is 0.325 e. The van der Waals surface area contributed by atoms with E-state index in [1.807, 2.05) is 13.8 Å². The number of esters is 1. The Labute approximate surface area is 152 Å². The Morgan fingerprint density at radius 1 is 1.16 bits per heavy atom. The molecule has 136 valence electrons. The molecule has 1 aromatic rings. The van der Waals surface area contributed by atoms with Crippen LogP contribution in [0.4, 0.5) is 0 Å². The predicted molar refractivity (Wildman–Crippen MR) is 94.4 cm³/mol. The fraction of sp³-hybridized carbons (Fsp3) is 0.500. The van der Waals surface area contributed by atoms with E-state index in [0.29, 0.717) is 10.6 Å². The van der Waals surface area contributed by atoms with Crippen molar-refractivity contribution >= 4 is 29.4 Å². The summed E-state index contributed by atoms with van der Waals surface area (Å²) in [7, 11) is 0. The Hall–Kier alpha value is -2.08. The van der Waals surface area contributed by atoms with Crippen LogP contribution in [0.2, 0.25) is 5.02 Å². The zero-order valence-corrected chi connectivity index (χ0v) is 15.2. The fourth-order valence-corrected chi connectivity index (χ4v) is 3.16. The molecule has 0 radical (unpaired) electrons. The van der Waals surface area contributed by atoms with Crippen molar-refractivity contribution < 1.29 is 19.1 Å². The van der Waals surface area contributed by atoms with E-state index >= 15 is 0 Å². The molecule has 25 heavy (non-hydrogen) atoms. The van der Waals surface area contributed by atoms with Crippen LogP contribution in [-0.4, -0.2) is 47.9 Å². The van der Waals surface area contributed by atoms with Crippen LogP contribution in [0.15, 0.2) is 24.3 Å². The second-order valence-corrected chi connectivity index (χ2v) is 6.72. The molecule has 2 amide bonds. The number of nitrogens with zero attached hydrogens (tertiary/aromatic N) is 1. The Balaban J connectivity index is 1.75. The van der Waals surface area contributed by atoms with Gasteiger partial charge in [0.2, 0.25) is 0 Å². The highest BCUT2D eigenvalue weighted by atomic mass is 35.5. The maximum atomic E-state index is 12.3. The molecule has 0 spiro atoms. The van der Waals surface area contributed by atoms with Gasteiger partial charge in [-0.25, -0.2) is 0 Å². The van der Waals surface area contributed by atoms with Gasteiger partial charge in [-0.3, -0.25) is 14.4 Å². The summed E-state index contributed by atoms with van der Waals surface area (Å²) in [4.78, 5) is 37.7. The van der Waals surface area contributed by atoms with Crippen molar-refractivity contribution in [2.75, 3.05) is 13.2 Å². The number of hydrogen-bond donors (Lipinski definition) is 1. The van der Waals surface area contributed by atoms with E-state index in [2.05, 4.69) is 5.32 Å². The number of ether oxygens (including phenoxy) is 1. The van der Waals surface area contributed by atoms with Crippen molar-refractivity contribution in [1.29, 1.82) is 0 Å². The summed E-state index contributed by atoms with van der Waals surface area (Å²) in [6.45, 7) is 3.41. The number of amides is 2. The third-order valence-electron chi connectivity index (χ3n) is 4.34. The lowest BCUT2D eigenvalue weighted by atomic mass is 9.97. The molecule has 1 saturated heterocycles. The van der Waals surface area contributed by atoms with E-state index in [1.54, 1.807) is 29.2 Å². The van der Waals surface area contributed by atoms with E-state index in [9.17, 15) is 14.4 Å². The van der Waals surface area contributed by atoms with Crippen molar-refractivity contribution in [1.82, 2.24) is 10.2 Å². The summed E-state index contributed by atoms with van der Waals surface area (Å²) in [5.41, 5.74) is 0.393. The van der Waals surface area contributed by atoms with Crippen molar-refractivity contribution in [2.45, 2.75) is 45.2 Å². The van der Waals surface area contributed by atoms with Gasteiger partial charge in [0.05, 0.1) is 0 Å². The minimum absolute atomic E-state index is 0.152. The SMILES string of the molecule is C[C@H]1CCC[C@H](C)N1C(=O)COC(=O)CNC(=O)c1ccc(Cl)cc1. The average molecular weight is 367 g/mol. The maximum Gasteiger partial charge on any atom is 0.325 e. The molecule has 0 bridgehead atoms. The molecule has 6 nitrogen and oxygen atoms in total. The van der Waals surface area contributed by atoms with Crippen molar-refractivity contribution in [3.05, 3.63) is 34.9 Å². The first-order chi connectivity index (χ1) is 11.9. The van der Waals surface area contributed by atoms with E-state index in [1.165, 1.54) is 0 Å². The molecule has 1 fully saturated rings. The summed E-state index contributed by atoms with van der Waals surface area (Å²) in [5, 5.41) is 2.98. The van der Waals surface area contributed by atoms with E-state index in [4.69, 9.17) is 16.3 Å². The lowest BCUT2D eigenvalue weighted by Gasteiger charge is -2.38. The van der Waals surface area contributed by atoms with E-state index < -0.39 is 11.9 Å². The van der Waals surface area contributed by atoms with Crippen molar-refractivity contribution in [3.8, 4) is 0 Å². The van der Waals surface area contributed by atoms with Gasteiger partial charge in [-0.15, -0.1) is 0 Å². The lowest BCUT2D eigenvalue weighted by molar-refractivity contribution is -0.154. The molecule has 0 saturated carbocycles. The van der Waals surface area contributed by atoms with Gasteiger partial charge in [0.15, 0.2) is 6.61 Å². The Kier molecular flexibility index (Phi) is 6.82. The summed E-state index contributed by atoms with van der Waals surface area (Å²) in [5.74, 6) is -1.25. The normalized spacial score (nSPS) is 20.0. The molecule has 1 heterocycles. The Morgan fingerprint density at radius 3 is 2.36 bits per heavy atom. The van der Waals surface area contributed by atoms with Crippen LogP contribution in [0.25, 0.3) is 0 Å². The van der Waals surface area contributed by atoms with E-state index in [-0.39, 0.29) is 31.1 Å². The van der Waals surface area contributed by atoms with Gasteiger partial charge in [-0.1, -0.05) is 11.6 Å². The largest absolute Gasteiger partial charge is 0.454 e. The molecule has 1 N–H and O–H groups in total. The minimum Gasteiger partial charge on any atom is -0.454 e. The summed E-state index contributed by atoms with van der Waals surface area (Å²) < 4.78 is 4.99. The van der Waals surface area contributed by atoms with Gasteiger partial charge < -0.3 is 15.0 Å². The van der Waals surface area contributed by atoms with Gasteiger partial charge in [-0.2, -0.15) is 0 Å². The van der Waals surface area contributed by atoms with E-state index in [0.717, 1.165) is 19.3 Å². The van der Waals surface area contributed by atoms with Crippen molar-refractivity contribution in [2.24, 2.45) is 0 Å². The third-order valence-corrected chi connectivity index (χ3v) is 4.59. The monoisotopic (exact) mass is 366 g/mol. The van der Waals surface area contributed by atoms with Crippen LogP contribution in [0.3, 0.4) is 0 Å². The fourth-order valence-electron chi connectivity index (χ4n) is 3.04. The minimum atomic E-state index is -0.645. The highest BCUT2D eigenvalue weighted by molar-refractivity contribution is 6.30. The predicted octanol–water partition coefficient (Wildman–Crippen LogP) is 2.40. The van der Waals surface area contributed by atoms with Gasteiger partial charge in [0.1, 0.15) is 6.54 Å². The number of rotatable bonds is 5. The first-order valence-electron chi connectivity index (χ1n) is 8.39. The highest BCUT2D eigenvalue weighted by Gasteiger charge is 2.29. The molecule has 7 heteroatoms. The first-order valence-corrected chi connectivity index (χ1v) is 8.77. The summed E-state index contributed by atoms with van der Waals surface area (Å²) in [6, 6.07) is 6.61. The molecule has 2 atom stereocenters. The van der Waals surface area contributed by atoms with Crippen molar-refractivity contribution in [3.63, 3.8) is 0 Å². The standard InChI is InChI=1S/C18H23ClN2O4/c1-12-4-3-5-13(2)21(12)16(22)11-25-17(23)10-20-18(24)14-6-8-15(19)9-7-14/h6-9,12-13H,3-5,10-11H2,1-2H3,(H,20,24)/t12-,13-/m0/s1. The lowest BCUT2D eigenvalue weighted by Crippen LogP contribution is -2.49. The summed E-state index contributed by atoms with van der Waals surface area (Å²) in [6.07, 6.45) is 3.02.